The molecule has 3 rings (SSSR count). The van der Waals surface area contributed by atoms with Crippen LogP contribution in [0.15, 0.2) is 11.8 Å². The Morgan fingerprint density at radius 1 is 0.797 bits per heavy atom. The Morgan fingerprint density at radius 2 is 1.34 bits per heavy atom. The highest BCUT2D eigenvalue weighted by atomic mass is 16.7. The van der Waals surface area contributed by atoms with Crippen LogP contribution in [0.4, 0.5) is 14.4 Å². The number of aliphatic hydroxyl groups is 4. The Hall–Kier alpha value is -3.50. The highest BCUT2D eigenvalue weighted by molar-refractivity contribution is 5.76. The van der Waals surface area contributed by atoms with Gasteiger partial charge in [-0.05, 0) is 94.6 Å². The molecule has 3 aliphatic rings. The van der Waals surface area contributed by atoms with Crippen LogP contribution in [0.2, 0.25) is 0 Å². The fourth-order valence-corrected chi connectivity index (χ4v) is 6.51. The van der Waals surface area contributed by atoms with Gasteiger partial charge in [0, 0.05) is 25.9 Å². The van der Waals surface area contributed by atoms with E-state index in [1.807, 2.05) is 0 Å². The van der Waals surface area contributed by atoms with Crippen molar-refractivity contribution in [2.24, 2.45) is 0 Å². The van der Waals surface area contributed by atoms with E-state index in [4.69, 9.17) is 33.2 Å². The van der Waals surface area contributed by atoms with Crippen LogP contribution in [-0.2, 0) is 38.0 Å². The highest BCUT2D eigenvalue weighted by Gasteiger charge is 2.51. The van der Waals surface area contributed by atoms with Gasteiger partial charge in [-0.2, -0.15) is 0 Å². The molecule has 0 bridgehead atoms. The molecule has 0 unspecified atom stereocenters. The van der Waals surface area contributed by atoms with Gasteiger partial charge >= 0.3 is 18.3 Å². The van der Waals surface area contributed by atoms with Crippen LogP contribution in [-0.4, -0.2) is 155 Å². The second-order valence-electron chi connectivity index (χ2n) is 18.4. The van der Waals surface area contributed by atoms with Crippen LogP contribution in [0, 0.1) is 0 Å². The molecule has 10 atom stereocenters. The Labute approximate surface area is 346 Å². The van der Waals surface area contributed by atoms with Crippen molar-refractivity contribution in [1.82, 2.24) is 26.6 Å². The van der Waals surface area contributed by atoms with Crippen molar-refractivity contribution in [2.75, 3.05) is 32.8 Å². The Balaban J connectivity index is 1.95. The molecule has 20 nitrogen and oxygen atoms in total. The number of carbonyl (C=O) groups excluding carboxylic acids is 4. The van der Waals surface area contributed by atoms with Gasteiger partial charge in [0.05, 0.1) is 43.5 Å². The third-order valence-corrected chi connectivity index (χ3v) is 8.86. The summed E-state index contributed by atoms with van der Waals surface area (Å²) in [5.41, 5.74) is -3.80. The summed E-state index contributed by atoms with van der Waals surface area (Å²) < 4.78 is 40.9. The minimum Gasteiger partial charge on any atom is -0.466 e. The molecule has 2 heterocycles. The van der Waals surface area contributed by atoms with Crippen LogP contribution in [0.5, 0.6) is 0 Å². The minimum atomic E-state index is -1.67. The van der Waals surface area contributed by atoms with E-state index in [0.717, 1.165) is 0 Å². The van der Waals surface area contributed by atoms with Gasteiger partial charge < -0.3 is 80.2 Å². The molecule has 1 saturated heterocycles. The molecule has 0 spiro atoms. The predicted octanol–water partition coefficient (Wildman–Crippen LogP) is 1.17. The lowest BCUT2D eigenvalue weighted by molar-refractivity contribution is -0.298. The zero-order valence-corrected chi connectivity index (χ0v) is 36.1. The summed E-state index contributed by atoms with van der Waals surface area (Å²) in [5, 5.41) is 57.0. The Morgan fingerprint density at radius 3 is 1.90 bits per heavy atom. The van der Waals surface area contributed by atoms with Crippen LogP contribution in [0.25, 0.3) is 0 Å². The summed E-state index contributed by atoms with van der Waals surface area (Å²) in [7, 11) is 0. The molecule has 0 aromatic carbocycles. The topological polar surface area (TPSA) is 274 Å². The van der Waals surface area contributed by atoms with Gasteiger partial charge in [0.15, 0.2) is 6.29 Å². The molecule has 20 heteroatoms. The summed E-state index contributed by atoms with van der Waals surface area (Å²) >= 11 is 0. The number of nitrogens with one attached hydrogen (secondary N) is 5. The Bertz CT molecular complexity index is 1430. The van der Waals surface area contributed by atoms with Crippen molar-refractivity contribution >= 4 is 24.2 Å². The zero-order chi connectivity index (χ0) is 44.3. The van der Waals surface area contributed by atoms with Crippen molar-refractivity contribution in [2.45, 2.75) is 179 Å². The van der Waals surface area contributed by atoms with Gasteiger partial charge in [0.2, 0.25) is 12.2 Å². The molecule has 9 N–H and O–H groups in total. The molecular formula is C39H69N5O15. The van der Waals surface area contributed by atoms with E-state index >= 15 is 0 Å². The third kappa shape index (κ3) is 17.9. The second kappa shape index (κ2) is 21.3. The van der Waals surface area contributed by atoms with Gasteiger partial charge in [-0.3, -0.25) is 4.79 Å². The molecule has 2 fully saturated rings. The minimum absolute atomic E-state index is 0.0576. The van der Waals surface area contributed by atoms with Crippen LogP contribution >= 0.6 is 0 Å². The van der Waals surface area contributed by atoms with Crippen LogP contribution in [0.3, 0.4) is 0 Å². The van der Waals surface area contributed by atoms with Crippen molar-refractivity contribution in [3.8, 4) is 0 Å². The highest BCUT2D eigenvalue weighted by Crippen LogP contribution is 2.33. The van der Waals surface area contributed by atoms with E-state index in [0.29, 0.717) is 5.76 Å². The van der Waals surface area contributed by atoms with Crippen LogP contribution in [0.1, 0.15) is 101 Å². The van der Waals surface area contributed by atoms with Gasteiger partial charge in [-0.1, -0.05) is 0 Å². The fourth-order valence-electron chi connectivity index (χ4n) is 6.51. The standard InChI is InChI=1S/C39H69N5O15/c1-36(2,3)57-33(49)41-15-11-12-27(47)42-24-18-25(44-35(51)59-38(7,8)9)30(28(48)29(24)56-32-26(46)19-39(10,52)21-53-32)55-31-23(43-34(50)58-37(4,5)6)14-13-22(54-31)20-40-16-17-45/h13,23-26,28-32,40,45-46,48,52H,11-12,14-21H2,1-10H3,(H,41,49)(H,42,47)(H,43,50)(H,44,51)/t23-,24-,25+,26-,28-,29+,30-,31-,32-,39-/m1/s1. The summed E-state index contributed by atoms with van der Waals surface area (Å²) in [6.07, 6.45) is -8.69. The smallest absolute Gasteiger partial charge is 0.408 e. The summed E-state index contributed by atoms with van der Waals surface area (Å²) in [6.45, 7) is 17.1. The van der Waals surface area contributed by atoms with Gasteiger partial charge in [-0.15, -0.1) is 0 Å². The number of hydrogen-bond donors (Lipinski definition) is 9. The summed E-state index contributed by atoms with van der Waals surface area (Å²) in [4.78, 5) is 51.8. The van der Waals surface area contributed by atoms with Crippen molar-refractivity contribution in [3.05, 3.63) is 11.8 Å². The lowest BCUT2D eigenvalue weighted by Gasteiger charge is -2.48. The number of amides is 4. The van der Waals surface area contributed by atoms with Crippen molar-refractivity contribution in [3.63, 3.8) is 0 Å². The van der Waals surface area contributed by atoms with E-state index < -0.39 is 102 Å². The molecule has 0 aromatic heterocycles. The average Bonchev–Trinajstić information content (AvgIpc) is 3.06. The van der Waals surface area contributed by atoms with Crippen molar-refractivity contribution < 1.29 is 72.8 Å². The maximum Gasteiger partial charge on any atom is 0.408 e. The van der Waals surface area contributed by atoms with E-state index in [1.165, 1.54) is 6.92 Å². The molecule has 0 aromatic rings. The first-order valence-electron chi connectivity index (χ1n) is 20.2. The number of rotatable bonds is 15. The van der Waals surface area contributed by atoms with E-state index in [9.17, 15) is 39.6 Å². The fraction of sp³-hybridized carbons (Fsp3) is 0.846. The molecule has 59 heavy (non-hydrogen) atoms. The van der Waals surface area contributed by atoms with Crippen molar-refractivity contribution in [1.29, 1.82) is 0 Å². The number of carbonyl (C=O) groups is 4. The number of alkyl carbamates (subject to hydrolysis) is 3. The molecular weight excluding hydrogens is 778 g/mol. The lowest BCUT2D eigenvalue weighted by atomic mass is 9.83. The molecule has 1 aliphatic carbocycles. The molecule has 340 valence electrons. The number of hydrogen-bond acceptors (Lipinski definition) is 16. The monoisotopic (exact) mass is 847 g/mol. The van der Waals surface area contributed by atoms with Gasteiger partial charge in [0.1, 0.15) is 47.0 Å². The second-order valence-corrected chi connectivity index (χ2v) is 18.4. The quantitative estimate of drug-likeness (QED) is 0.0827. The number of aliphatic hydroxyl groups excluding tert-OH is 3. The molecule has 1 saturated carbocycles. The molecule has 0 radical (unpaired) electrons. The van der Waals surface area contributed by atoms with E-state index in [2.05, 4.69) is 26.6 Å². The van der Waals surface area contributed by atoms with E-state index in [-0.39, 0.29) is 65.0 Å². The summed E-state index contributed by atoms with van der Waals surface area (Å²) in [6, 6.07) is -2.97. The largest absolute Gasteiger partial charge is 0.466 e. The first-order chi connectivity index (χ1) is 27.2. The van der Waals surface area contributed by atoms with Crippen LogP contribution < -0.4 is 26.6 Å². The first-order valence-corrected chi connectivity index (χ1v) is 20.2. The molecule has 4 amide bonds. The average molecular weight is 848 g/mol. The lowest BCUT2D eigenvalue weighted by Crippen LogP contribution is -2.68. The third-order valence-electron chi connectivity index (χ3n) is 8.86. The Kier molecular flexibility index (Phi) is 18.0. The summed E-state index contributed by atoms with van der Waals surface area (Å²) in [5.74, 6) is -0.0647. The van der Waals surface area contributed by atoms with Gasteiger partial charge in [0.25, 0.3) is 0 Å². The number of ether oxygens (including phenoxy) is 7. The SMILES string of the molecule is CC(C)(C)OC(=O)NCCCC(=O)N[C@@H]1C[C@H](NC(=O)OC(C)(C)C)[C@@H](O[C@H]2OC(CNCCO)=CC[C@H]2NC(=O)OC(C)(C)C)[C@H](O)[C@H]1O[C@H]1OC[C@](C)(O)C[C@H]1O. The van der Waals surface area contributed by atoms with E-state index in [1.54, 1.807) is 68.4 Å². The van der Waals surface area contributed by atoms with Gasteiger partial charge in [-0.25, -0.2) is 14.4 Å². The molecule has 2 aliphatic heterocycles. The maximum atomic E-state index is 13.4. The zero-order valence-electron chi connectivity index (χ0n) is 36.1. The predicted molar refractivity (Wildman–Crippen MR) is 211 cm³/mol. The first kappa shape index (κ1) is 49.9. The normalized spacial score (nSPS) is 30.2. The maximum absolute atomic E-state index is 13.4.